The van der Waals surface area contributed by atoms with E-state index in [2.05, 4.69) is 67.0 Å². The summed E-state index contributed by atoms with van der Waals surface area (Å²) in [5.41, 5.74) is 1.97. The van der Waals surface area contributed by atoms with Crippen LogP contribution in [0.4, 0.5) is 5.69 Å². The largest absolute Gasteiger partial charge is 0.380 e. The molecule has 2 aromatic heterocycles. The number of aromatic nitrogens is 2. The Morgan fingerprint density at radius 1 is 1.14 bits per heavy atom. The summed E-state index contributed by atoms with van der Waals surface area (Å²) in [5.74, 6) is 0.640. The smallest absolute Gasteiger partial charge is 0.227 e. The zero-order valence-corrected chi connectivity index (χ0v) is 22.0. The van der Waals surface area contributed by atoms with Crippen LogP contribution < -0.4 is 4.90 Å². The number of rotatable bonds is 6. The van der Waals surface area contributed by atoms with Gasteiger partial charge in [-0.05, 0) is 37.1 Å². The zero-order valence-electron chi connectivity index (χ0n) is 21.2. The maximum atomic E-state index is 13.0. The van der Waals surface area contributed by atoms with Crippen LogP contribution in [0.5, 0.6) is 0 Å². The van der Waals surface area contributed by atoms with Crippen molar-refractivity contribution in [2.24, 2.45) is 5.41 Å². The molecule has 7 heteroatoms. The van der Waals surface area contributed by atoms with Gasteiger partial charge in [0.15, 0.2) is 0 Å². The van der Waals surface area contributed by atoms with Gasteiger partial charge in [-0.15, -0.1) is 11.3 Å². The molecular formula is C28H34N4O2S. The van der Waals surface area contributed by atoms with Crippen LogP contribution in [0, 0.1) is 12.3 Å². The highest BCUT2D eigenvalue weighted by atomic mass is 32.1. The second-order valence-electron chi connectivity index (χ2n) is 10.8. The molecule has 35 heavy (non-hydrogen) atoms. The van der Waals surface area contributed by atoms with Crippen molar-refractivity contribution < 1.29 is 9.90 Å². The van der Waals surface area contributed by atoms with Gasteiger partial charge >= 0.3 is 0 Å². The van der Waals surface area contributed by atoms with Gasteiger partial charge in [0.2, 0.25) is 5.91 Å². The Kier molecular flexibility index (Phi) is 6.06. The first kappa shape index (κ1) is 24.1. The first-order valence-corrected chi connectivity index (χ1v) is 13.1. The number of carbonyl (C=O) groups is 1. The molecule has 1 unspecified atom stereocenters. The molecule has 6 nitrogen and oxygen atoms in total. The average molecular weight is 491 g/mol. The van der Waals surface area contributed by atoms with Crippen molar-refractivity contribution >= 4 is 22.9 Å². The molecule has 1 N–H and O–H groups in total. The summed E-state index contributed by atoms with van der Waals surface area (Å²) in [5, 5.41) is 13.5. The first-order chi connectivity index (χ1) is 16.6. The molecule has 1 amide bonds. The van der Waals surface area contributed by atoms with Gasteiger partial charge in [-0.2, -0.15) is 0 Å². The molecule has 0 saturated carbocycles. The highest BCUT2D eigenvalue weighted by molar-refractivity contribution is 7.11. The Morgan fingerprint density at radius 2 is 1.86 bits per heavy atom. The lowest BCUT2D eigenvalue weighted by atomic mass is 9.62. The summed E-state index contributed by atoms with van der Waals surface area (Å²) in [6.07, 6.45) is 5.85. The number of carbonyl (C=O) groups excluding carboxylic acids is 1. The third kappa shape index (κ3) is 4.09. The minimum Gasteiger partial charge on any atom is -0.380 e. The standard InChI is InChI=1S/C28H34N4O2S/c1-18(2)20-6-8-22(9-7-20)28(34,27(4)16-31(5)17-27)23-11-24(13-29-12-23)32-15-21(10-26(32)33)25-14-30-19(3)35-25/h6-9,11-14,18,21,34H,10,15-17H2,1-5H3/t21?,28-/m0/s1. The van der Waals surface area contributed by atoms with Gasteiger partial charge in [-0.1, -0.05) is 45.0 Å². The van der Waals surface area contributed by atoms with E-state index < -0.39 is 5.60 Å². The van der Waals surface area contributed by atoms with Crippen molar-refractivity contribution in [1.82, 2.24) is 14.9 Å². The molecule has 2 saturated heterocycles. The first-order valence-electron chi connectivity index (χ1n) is 12.3. The van der Waals surface area contributed by atoms with Gasteiger partial charge in [0.05, 0.1) is 16.9 Å². The summed E-state index contributed by atoms with van der Waals surface area (Å²) >= 11 is 1.66. The number of benzene rings is 1. The third-order valence-electron chi connectivity index (χ3n) is 7.73. The molecule has 0 bridgehead atoms. The van der Waals surface area contributed by atoms with E-state index in [9.17, 15) is 9.90 Å². The van der Waals surface area contributed by atoms with E-state index in [1.54, 1.807) is 23.7 Å². The molecule has 2 atom stereocenters. The molecule has 2 fully saturated rings. The van der Waals surface area contributed by atoms with Crippen LogP contribution in [0.1, 0.15) is 65.6 Å². The van der Waals surface area contributed by atoms with E-state index in [1.165, 1.54) is 5.56 Å². The van der Waals surface area contributed by atoms with Crippen LogP contribution in [0.15, 0.2) is 48.9 Å². The van der Waals surface area contributed by atoms with Crippen molar-refractivity contribution in [3.8, 4) is 0 Å². The Morgan fingerprint density at radius 3 is 2.46 bits per heavy atom. The second kappa shape index (κ2) is 8.80. The lowest BCUT2D eigenvalue weighted by Gasteiger charge is -2.56. The van der Waals surface area contributed by atoms with Crippen LogP contribution in [-0.2, 0) is 10.4 Å². The van der Waals surface area contributed by atoms with E-state index >= 15 is 0 Å². The van der Waals surface area contributed by atoms with Crippen LogP contribution in [-0.4, -0.2) is 52.6 Å². The van der Waals surface area contributed by atoms with Crippen LogP contribution in [0.25, 0.3) is 0 Å². The van der Waals surface area contributed by atoms with Crippen LogP contribution in [0.2, 0.25) is 0 Å². The molecule has 4 heterocycles. The molecular weight excluding hydrogens is 456 g/mol. The van der Waals surface area contributed by atoms with Crippen molar-refractivity contribution in [3.63, 3.8) is 0 Å². The number of aryl methyl sites for hydroxylation is 1. The number of nitrogens with zero attached hydrogens (tertiary/aromatic N) is 4. The Balaban J connectivity index is 1.52. The number of thiazole rings is 1. The van der Waals surface area contributed by atoms with Gasteiger partial charge in [-0.3, -0.25) is 9.78 Å². The minimum absolute atomic E-state index is 0.0828. The molecule has 2 aliphatic rings. The molecule has 0 aliphatic carbocycles. The molecule has 0 spiro atoms. The quantitative estimate of drug-likeness (QED) is 0.543. The van der Waals surface area contributed by atoms with Crippen LogP contribution >= 0.6 is 11.3 Å². The number of anilines is 1. The van der Waals surface area contributed by atoms with Crippen LogP contribution in [0.3, 0.4) is 0 Å². The summed E-state index contributed by atoms with van der Waals surface area (Å²) in [7, 11) is 2.07. The van der Waals surface area contributed by atoms with Gasteiger partial charge in [0, 0.05) is 60.2 Å². The monoisotopic (exact) mass is 490 g/mol. The lowest BCUT2D eigenvalue weighted by Crippen LogP contribution is -2.63. The van der Waals surface area contributed by atoms with Crippen molar-refractivity contribution in [2.75, 3.05) is 31.6 Å². The third-order valence-corrected chi connectivity index (χ3v) is 8.80. The van der Waals surface area contributed by atoms with Gasteiger partial charge < -0.3 is 14.9 Å². The normalized spacial score (nSPS) is 21.9. The van der Waals surface area contributed by atoms with Crippen molar-refractivity contribution in [3.05, 3.63) is 75.5 Å². The Bertz CT molecular complexity index is 1230. The summed E-state index contributed by atoms with van der Waals surface area (Å²) in [6, 6.07) is 10.3. The number of amides is 1. The van der Waals surface area contributed by atoms with E-state index in [0.717, 1.165) is 39.8 Å². The predicted octanol–water partition coefficient (Wildman–Crippen LogP) is 4.68. The molecule has 2 aliphatic heterocycles. The fourth-order valence-electron chi connectivity index (χ4n) is 5.83. The van der Waals surface area contributed by atoms with E-state index in [-0.39, 0.29) is 17.2 Å². The van der Waals surface area contributed by atoms with Gasteiger partial charge in [0.1, 0.15) is 5.60 Å². The molecule has 184 valence electrons. The fourth-order valence-corrected chi connectivity index (χ4v) is 6.71. The molecule has 0 radical (unpaired) electrons. The summed E-state index contributed by atoms with van der Waals surface area (Å²) in [4.78, 5) is 27.1. The SMILES string of the molecule is Cc1ncc(C2CC(=O)N(c3cncc([C@@](O)(c4ccc(C(C)C)cc4)C4(C)CN(C)C4)c3)C2)s1. The van der Waals surface area contributed by atoms with E-state index in [1.807, 2.05) is 24.1 Å². The van der Waals surface area contributed by atoms with Gasteiger partial charge in [0.25, 0.3) is 0 Å². The van der Waals surface area contributed by atoms with Crippen molar-refractivity contribution in [2.45, 2.75) is 51.6 Å². The maximum absolute atomic E-state index is 13.0. The summed E-state index contributed by atoms with van der Waals surface area (Å²) < 4.78 is 0. The summed E-state index contributed by atoms with van der Waals surface area (Å²) in [6.45, 7) is 10.6. The van der Waals surface area contributed by atoms with Gasteiger partial charge in [-0.25, -0.2) is 4.98 Å². The average Bonchev–Trinajstić information content (AvgIpc) is 3.43. The number of pyridine rings is 1. The molecule has 1 aromatic carbocycles. The van der Waals surface area contributed by atoms with E-state index in [4.69, 9.17) is 0 Å². The highest BCUT2D eigenvalue weighted by Gasteiger charge is 2.55. The maximum Gasteiger partial charge on any atom is 0.227 e. The Labute approximate surface area is 211 Å². The van der Waals surface area contributed by atoms with E-state index in [0.29, 0.717) is 18.9 Å². The number of aliphatic hydroxyl groups is 1. The predicted molar refractivity (Wildman–Crippen MR) is 140 cm³/mol. The number of hydrogen-bond acceptors (Lipinski definition) is 6. The number of likely N-dealkylation sites (tertiary alicyclic amines) is 1. The zero-order chi connectivity index (χ0) is 25.0. The number of hydrogen-bond donors (Lipinski definition) is 1. The highest BCUT2D eigenvalue weighted by Crippen LogP contribution is 2.50. The van der Waals surface area contributed by atoms with Crippen molar-refractivity contribution in [1.29, 1.82) is 0 Å². The minimum atomic E-state index is -1.23. The topological polar surface area (TPSA) is 69.6 Å². The molecule has 3 aromatic rings. The Hall–Kier alpha value is -2.61. The second-order valence-corrected chi connectivity index (χ2v) is 12.1. The fraction of sp³-hybridized carbons (Fsp3) is 0.464. The lowest BCUT2D eigenvalue weighted by molar-refractivity contribution is -0.127. The molecule has 5 rings (SSSR count).